The second-order valence-electron chi connectivity index (χ2n) is 9.74. The van der Waals surface area contributed by atoms with Crippen LogP contribution in [0.15, 0.2) is 48.5 Å². The Kier molecular flexibility index (Phi) is 6.23. The minimum absolute atomic E-state index is 0.00670. The van der Waals surface area contributed by atoms with E-state index in [0.717, 1.165) is 35.1 Å². The lowest BCUT2D eigenvalue weighted by Crippen LogP contribution is -2.64. The number of ether oxygens (including phenoxy) is 2. The van der Waals surface area contributed by atoms with E-state index in [1.54, 1.807) is 0 Å². The Bertz CT molecular complexity index is 1100. The quantitative estimate of drug-likeness (QED) is 0.683. The molecule has 35 heavy (non-hydrogen) atoms. The molecule has 3 aliphatic rings. The number of piperidine rings is 1. The van der Waals surface area contributed by atoms with Crippen LogP contribution in [0.2, 0.25) is 0 Å². The van der Waals surface area contributed by atoms with Crippen molar-refractivity contribution >= 4 is 18.0 Å². The molecule has 8 heteroatoms. The molecule has 0 radical (unpaired) electrons. The van der Waals surface area contributed by atoms with Crippen LogP contribution in [-0.2, 0) is 19.1 Å². The van der Waals surface area contributed by atoms with Crippen molar-refractivity contribution in [1.82, 2.24) is 10.2 Å². The maximum absolute atomic E-state index is 13.6. The number of alkyl carbamates (subject to hydrolysis) is 1. The Morgan fingerprint density at radius 1 is 1.11 bits per heavy atom. The summed E-state index contributed by atoms with van der Waals surface area (Å²) in [7, 11) is 0. The standard InChI is InChI=1S/C27H30N2O6/c1-17-7-6-13-29(23(17)24(30)31)25(32)27(12-14-34-16-27)28-26(33)35-15-22-20-10-4-2-8-18(20)19-9-3-5-11-21(19)22/h2-5,8-11,17,22-23H,6-7,12-16H2,1H3,(H,28,33)(H,30,31). The lowest BCUT2D eigenvalue weighted by Gasteiger charge is -2.41. The number of amides is 2. The second-order valence-corrected chi connectivity index (χ2v) is 9.74. The van der Waals surface area contributed by atoms with Crippen LogP contribution < -0.4 is 5.32 Å². The summed E-state index contributed by atoms with van der Waals surface area (Å²) < 4.78 is 11.2. The minimum Gasteiger partial charge on any atom is -0.480 e. The average molecular weight is 479 g/mol. The first-order valence-electron chi connectivity index (χ1n) is 12.2. The predicted molar refractivity (Wildman–Crippen MR) is 128 cm³/mol. The molecule has 2 saturated heterocycles. The van der Waals surface area contributed by atoms with Crippen LogP contribution in [0.25, 0.3) is 11.1 Å². The van der Waals surface area contributed by atoms with Crippen molar-refractivity contribution in [2.75, 3.05) is 26.4 Å². The summed E-state index contributed by atoms with van der Waals surface area (Å²) in [6.45, 7) is 2.61. The SMILES string of the molecule is CC1CCCN(C(=O)C2(NC(=O)OCC3c4ccccc4-c4ccccc43)CCOC2)C1C(=O)O. The number of aliphatic carboxylic acids is 1. The Labute approximate surface area is 204 Å². The fourth-order valence-electron chi connectivity index (χ4n) is 5.78. The van der Waals surface area contributed by atoms with Gasteiger partial charge in [0.1, 0.15) is 18.2 Å². The summed E-state index contributed by atoms with van der Waals surface area (Å²) in [5.74, 6) is -1.71. The maximum atomic E-state index is 13.6. The molecule has 2 aromatic carbocycles. The number of hydrogen-bond donors (Lipinski definition) is 2. The van der Waals surface area contributed by atoms with E-state index in [4.69, 9.17) is 9.47 Å². The topological polar surface area (TPSA) is 105 Å². The van der Waals surface area contributed by atoms with Gasteiger partial charge in [-0.1, -0.05) is 55.5 Å². The van der Waals surface area contributed by atoms with Crippen molar-refractivity contribution in [2.24, 2.45) is 5.92 Å². The first-order chi connectivity index (χ1) is 16.9. The van der Waals surface area contributed by atoms with Crippen molar-refractivity contribution in [1.29, 1.82) is 0 Å². The molecule has 2 N–H and O–H groups in total. The normalized spacial score (nSPS) is 25.6. The van der Waals surface area contributed by atoms with Crippen LogP contribution >= 0.6 is 0 Å². The summed E-state index contributed by atoms with van der Waals surface area (Å²) >= 11 is 0. The highest BCUT2D eigenvalue weighted by Crippen LogP contribution is 2.44. The van der Waals surface area contributed by atoms with Gasteiger partial charge in [-0.3, -0.25) is 4.79 Å². The summed E-state index contributed by atoms with van der Waals surface area (Å²) in [5.41, 5.74) is 3.14. The van der Waals surface area contributed by atoms with Gasteiger partial charge >= 0.3 is 12.1 Å². The van der Waals surface area contributed by atoms with Crippen LogP contribution in [0, 0.1) is 5.92 Å². The smallest absolute Gasteiger partial charge is 0.408 e. The van der Waals surface area contributed by atoms with E-state index in [0.29, 0.717) is 13.2 Å². The molecular formula is C27H30N2O6. The first kappa shape index (κ1) is 23.4. The van der Waals surface area contributed by atoms with Crippen LogP contribution in [-0.4, -0.2) is 65.9 Å². The number of carbonyl (C=O) groups excluding carboxylic acids is 2. The van der Waals surface area contributed by atoms with E-state index >= 15 is 0 Å². The van der Waals surface area contributed by atoms with Gasteiger partial charge in [0.05, 0.1) is 6.61 Å². The second kappa shape index (κ2) is 9.34. The van der Waals surface area contributed by atoms with Gasteiger partial charge in [0.2, 0.25) is 0 Å². The Morgan fingerprint density at radius 2 is 1.77 bits per heavy atom. The summed E-state index contributed by atoms with van der Waals surface area (Å²) in [6.07, 6.45) is 1.03. The van der Waals surface area contributed by atoms with Gasteiger partial charge in [0.15, 0.2) is 0 Å². The highest BCUT2D eigenvalue weighted by atomic mass is 16.6. The number of nitrogens with one attached hydrogen (secondary N) is 1. The fourth-order valence-corrected chi connectivity index (χ4v) is 5.78. The third-order valence-corrected chi connectivity index (χ3v) is 7.56. The van der Waals surface area contributed by atoms with Crippen molar-refractivity contribution < 1.29 is 29.0 Å². The van der Waals surface area contributed by atoms with E-state index in [1.165, 1.54) is 4.90 Å². The Hall–Kier alpha value is -3.39. The molecule has 5 rings (SSSR count). The zero-order valence-electron chi connectivity index (χ0n) is 19.7. The molecule has 0 bridgehead atoms. The fraction of sp³-hybridized carbons (Fsp3) is 0.444. The van der Waals surface area contributed by atoms with Crippen molar-refractivity contribution in [2.45, 2.75) is 43.7 Å². The number of carboxylic acid groups (broad SMARTS) is 1. The summed E-state index contributed by atoms with van der Waals surface area (Å²) in [6, 6.07) is 15.2. The highest BCUT2D eigenvalue weighted by molar-refractivity contribution is 5.93. The van der Waals surface area contributed by atoms with Crippen molar-refractivity contribution in [3.63, 3.8) is 0 Å². The molecule has 3 atom stereocenters. The lowest BCUT2D eigenvalue weighted by molar-refractivity contribution is -0.157. The molecular weight excluding hydrogens is 448 g/mol. The summed E-state index contributed by atoms with van der Waals surface area (Å²) in [4.78, 5) is 39.9. The van der Waals surface area contributed by atoms with Gasteiger partial charge in [-0.05, 0) is 41.0 Å². The van der Waals surface area contributed by atoms with Crippen molar-refractivity contribution in [3.8, 4) is 11.1 Å². The lowest BCUT2D eigenvalue weighted by atomic mass is 9.87. The number of carboxylic acids is 1. The first-order valence-corrected chi connectivity index (χ1v) is 12.2. The third-order valence-electron chi connectivity index (χ3n) is 7.56. The molecule has 2 heterocycles. The average Bonchev–Trinajstić information content (AvgIpc) is 3.45. The molecule has 0 saturated carbocycles. The molecule has 0 aromatic heterocycles. The Balaban J connectivity index is 1.31. The van der Waals surface area contributed by atoms with Gasteiger partial charge in [0, 0.05) is 25.5 Å². The third kappa shape index (κ3) is 4.16. The number of benzene rings is 2. The number of fused-ring (bicyclic) bond motifs is 3. The van der Waals surface area contributed by atoms with Gasteiger partial charge in [-0.25, -0.2) is 9.59 Å². The number of carbonyl (C=O) groups is 3. The molecule has 2 amide bonds. The zero-order chi connectivity index (χ0) is 24.6. The largest absolute Gasteiger partial charge is 0.480 e. The van der Waals surface area contributed by atoms with Crippen LogP contribution in [0.4, 0.5) is 4.79 Å². The predicted octanol–water partition coefficient (Wildman–Crippen LogP) is 3.40. The molecule has 8 nitrogen and oxygen atoms in total. The Morgan fingerprint density at radius 3 is 2.37 bits per heavy atom. The highest BCUT2D eigenvalue weighted by Gasteiger charge is 2.50. The molecule has 1 aliphatic carbocycles. The molecule has 0 spiro atoms. The number of likely N-dealkylation sites (tertiary alicyclic amines) is 1. The van der Waals surface area contributed by atoms with E-state index < -0.39 is 29.6 Å². The van der Waals surface area contributed by atoms with E-state index in [-0.39, 0.29) is 31.5 Å². The minimum atomic E-state index is -1.33. The molecule has 2 fully saturated rings. The monoisotopic (exact) mass is 478 g/mol. The van der Waals surface area contributed by atoms with Crippen molar-refractivity contribution in [3.05, 3.63) is 59.7 Å². The molecule has 2 aromatic rings. The van der Waals surface area contributed by atoms with Crippen LogP contribution in [0.3, 0.4) is 0 Å². The number of rotatable bonds is 5. The van der Waals surface area contributed by atoms with Gasteiger partial charge in [-0.15, -0.1) is 0 Å². The molecule has 2 aliphatic heterocycles. The number of hydrogen-bond acceptors (Lipinski definition) is 5. The van der Waals surface area contributed by atoms with Crippen LogP contribution in [0.1, 0.15) is 43.2 Å². The van der Waals surface area contributed by atoms with E-state index in [2.05, 4.69) is 17.4 Å². The van der Waals surface area contributed by atoms with Gasteiger partial charge in [0.25, 0.3) is 5.91 Å². The van der Waals surface area contributed by atoms with Gasteiger partial charge < -0.3 is 24.8 Å². The van der Waals surface area contributed by atoms with Gasteiger partial charge in [-0.2, -0.15) is 0 Å². The molecule has 184 valence electrons. The van der Waals surface area contributed by atoms with E-state index in [1.807, 2.05) is 43.3 Å². The zero-order valence-corrected chi connectivity index (χ0v) is 19.7. The summed E-state index contributed by atoms with van der Waals surface area (Å²) in [5, 5.41) is 12.5. The number of nitrogens with zero attached hydrogens (tertiary/aromatic N) is 1. The molecule has 3 unspecified atom stereocenters. The van der Waals surface area contributed by atoms with E-state index in [9.17, 15) is 19.5 Å². The maximum Gasteiger partial charge on any atom is 0.408 e. The van der Waals surface area contributed by atoms with Crippen LogP contribution in [0.5, 0.6) is 0 Å².